The predicted molar refractivity (Wildman–Crippen MR) is 75.7 cm³/mol. The molecule has 110 valence electrons. The smallest absolute Gasteiger partial charge is 0.220 e. The monoisotopic (exact) mass is 268 g/mol. The van der Waals surface area contributed by atoms with Gasteiger partial charge in [-0.25, -0.2) is 0 Å². The third kappa shape index (κ3) is 4.46. The van der Waals surface area contributed by atoms with Crippen molar-refractivity contribution in [2.75, 3.05) is 19.7 Å². The first-order valence-electron chi connectivity index (χ1n) is 7.77. The summed E-state index contributed by atoms with van der Waals surface area (Å²) in [6, 6.07) is 0. The minimum atomic E-state index is 0.218. The Morgan fingerprint density at radius 1 is 1.21 bits per heavy atom. The molecule has 0 radical (unpaired) electrons. The van der Waals surface area contributed by atoms with Gasteiger partial charge in [0.05, 0.1) is 6.10 Å². The molecule has 2 aliphatic rings. The number of nitrogens with two attached hydrogens (primary N) is 1. The van der Waals surface area contributed by atoms with E-state index >= 15 is 0 Å². The molecule has 4 nitrogen and oxygen atoms in total. The summed E-state index contributed by atoms with van der Waals surface area (Å²) in [5.74, 6) is 1.98. The standard InChI is InChI=1S/C15H28N2O2/c1-11-14(6-7-19-11)10-17-15(18)8-12-2-4-13(9-16)5-3-12/h11-14H,2-10,16H2,1H3,(H,17,18). The van der Waals surface area contributed by atoms with Crippen LogP contribution in [0, 0.1) is 17.8 Å². The molecule has 0 bridgehead atoms. The average molecular weight is 268 g/mol. The van der Waals surface area contributed by atoms with Gasteiger partial charge in [-0.05, 0) is 57.4 Å². The number of ether oxygens (including phenoxy) is 1. The fraction of sp³-hybridized carbons (Fsp3) is 0.933. The minimum Gasteiger partial charge on any atom is -0.378 e. The second-order valence-corrected chi connectivity index (χ2v) is 6.26. The Bertz CT molecular complexity index is 288. The van der Waals surface area contributed by atoms with Gasteiger partial charge in [-0.3, -0.25) is 4.79 Å². The van der Waals surface area contributed by atoms with E-state index in [2.05, 4.69) is 12.2 Å². The van der Waals surface area contributed by atoms with E-state index in [-0.39, 0.29) is 5.91 Å². The summed E-state index contributed by atoms with van der Waals surface area (Å²) in [4.78, 5) is 11.9. The van der Waals surface area contributed by atoms with Crippen molar-refractivity contribution in [1.82, 2.24) is 5.32 Å². The Balaban J connectivity index is 1.62. The lowest BCUT2D eigenvalue weighted by Gasteiger charge is -2.27. The summed E-state index contributed by atoms with van der Waals surface area (Å²) in [7, 11) is 0. The van der Waals surface area contributed by atoms with Gasteiger partial charge in [-0.15, -0.1) is 0 Å². The highest BCUT2D eigenvalue weighted by molar-refractivity contribution is 5.76. The van der Waals surface area contributed by atoms with Gasteiger partial charge in [0, 0.05) is 25.5 Å². The molecular weight excluding hydrogens is 240 g/mol. The average Bonchev–Trinajstić information content (AvgIpc) is 2.83. The van der Waals surface area contributed by atoms with Crippen molar-refractivity contribution >= 4 is 5.91 Å². The fourth-order valence-electron chi connectivity index (χ4n) is 3.29. The van der Waals surface area contributed by atoms with Gasteiger partial charge >= 0.3 is 0 Å². The number of carbonyl (C=O) groups is 1. The Morgan fingerprint density at radius 3 is 2.47 bits per heavy atom. The van der Waals surface area contributed by atoms with Crippen molar-refractivity contribution in [2.24, 2.45) is 23.5 Å². The molecule has 2 rings (SSSR count). The van der Waals surface area contributed by atoms with E-state index in [4.69, 9.17) is 10.5 Å². The van der Waals surface area contributed by atoms with Gasteiger partial charge in [0.15, 0.2) is 0 Å². The molecule has 2 atom stereocenters. The van der Waals surface area contributed by atoms with Crippen LogP contribution < -0.4 is 11.1 Å². The van der Waals surface area contributed by atoms with E-state index < -0.39 is 0 Å². The fourth-order valence-corrected chi connectivity index (χ4v) is 3.29. The van der Waals surface area contributed by atoms with Crippen LogP contribution in [0.2, 0.25) is 0 Å². The van der Waals surface area contributed by atoms with E-state index in [1.807, 2.05) is 0 Å². The van der Waals surface area contributed by atoms with Crippen LogP contribution in [0.25, 0.3) is 0 Å². The number of nitrogens with one attached hydrogen (secondary N) is 1. The summed E-state index contributed by atoms with van der Waals surface area (Å²) >= 11 is 0. The Kier molecular flexibility index (Phi) is 5.64. The number of carbonyl (C=O) groups excluding carboxylic acids is 1. The Morgan fingerprint density at radius 2 is 1.89 bits per heavy atom. The van der Waals surface area contributed by atoms with Crippen LogP contribution in [0.1, 0.15) is 45.4 Å². The lowest BCUT2D eigenvalue weighted by Crippen LogP contribution is -2.33. The molecule has 1 heterocycles. The van der Waals surface area contributed by atoms with Crippen LogP contribution in [0.15, 0.2) is 0 Å². The molecule has 0 aromatic rings. The van der Waals surface area contributed by atoms with E-state index in [1.165, 1.54) is 12.8 Å². The topological polar surface area (TPSA) is 64.3 Å². The van der Waals surface area contributed by atoms with Crippen LogP contribution in [0.3, 0.4) is 0 Å². The third-order valence-corrected chi connectivity index (χ3v) is 4.87. The summed E-state index contributed by atoms with van der Waals surface area (Å²) < 4.78 is 5.51. The molecule has 2 unspecified atom stereocenters. The van der Waals surface area contributed by atoms with Gasteiger partial charge in [0.1, 0.15) is 0 Å². The van der Waals surface area contributed by atoms with Gasteiger partial charge in [0.25, 0.3) is 0 Å². The lowest BCUT2D eigenvalue weighted by atomic mass is 9.80. The van der Waals surface area contributed by atoms with E-state index in [0.29, 0.717) is 30.3 Å². The quantitative estimate of drug-likeness (QED) is 0.797. The Hall–Kier alpha value is -0.610. The van der Waals surface area contributed by atoms with Crippen LogP contribution >= 0.6 is 0 Å². The van der Waals surface area contributed by atoms with Crippen LogP contribution in [-0.4, -0.2) is 31.7 Å². The third-order valence-electron chi connectivity index (χ3n) is 4.87. The maximum Gasteiger partial charge on any atom is 0.220 e. The first kappa shape index (κ1) is 14.8. The first-order chi connectivity index (χ1) is 9.19. The largest absolute Gasteiger partial charge is 0.378 e. The van der Waals surface area contributed by atoms with Crippen molar-refractivity contribution < 1.29 is 9.53 Å². The van der Waals surface area contributed by atoms with Gasteiger partial charge in [-0.2, -0.15) is 0 Å². The van der Waals surface area contributed by atoms with Crippen LogP contribution in [0.4, 0.5) is 0 Å². The number of hydrogen-bond donors (Lipinski definition) is 2. The molecule has 4 heteroatoms. The van der Waals surface area contributed by atoms with Gasteiger partial charge in [-0.1, -0.05) is 0 Å². The molecular formula is C15H28N2O2. The summed E-state index contributed by atoms with van der Waals surface area (Å²) in [5, 5.41) is 3.08. The minimum absolute atomic E-state index is 0.218. The van der Waals surface area contributed by atoms with Crippen LogP contribution in [-0.2, 0) is 9.53 Å². The molecule has 1 aliphatic carbocycles. The molecule has 0 spiro atoms. The normalized spacial score (nSPS) is 35.3. The summed E-state index contributed by atoms with van der Waals surface area (Å²) in [6.45, 7) is 4.51. The molecule has 2 fully saturated rings. The van der Waals surface area contributed by atoms with Gasteiger partial charge in [0.2, 0.25) is 5.91 Å². The van der Waals surface area contributed by atoms with Crippen LogP contribution in [0.5, 0.6) is 0 Å². The zero-order chi connectivity index (χ0) is 13.7. The molecule has 0 aromatic carbocycles. The number of hydrogen-bond acceptors (Lipinski definition) is 3. The second-order valence-electron chi connectivity index (χ2n) is 6.26. The van der Waals surface area contributed by atoms with Crippen molar-refractivity contribution in [3.63, 3.8) is 0 Å². The Labute approximate surface area is 116 Å². The lowest BCUT2D eigenvalue weighted by molar-refractivity contribution is -0.122. The highest BCUT2D eigenvalue weighted by Gasteiger charge is 2.26. The van der Waals surface area contributed by atoms with Crippen molar-refractivity contribution in [3.8, 4) is 0 Å². The predicted octanol–water partition coefficient (Wildman–Crippen LogP) is 1.68. The number of rotatable bonds is 5. The maximum atomic E-state index is 11.9. The second kappa shape index (κ2) is 7.25. The highest BCUT2D eigenvalue weighted by atomic mass is 16.5. The van der Waals surface area contributed by atoms with E-state index in [9.17, 15) is 4.79 Å². The molecule has 19 heavy (non-hydrogen) atoms. The summed E-state index contributed by atoms with van der Waals surface area (Å²) in [6.07, 6.45) is 6.78. The van der Waals surface area contributed by atoms with Crippen molar-refractivity contribution in [1.29, 1.82) is 0 Å². The van der Waals surface area contributed by atoms with Crippen molar-refractivity contribution in [2.45, 2.75) is 51.6 Å². The SMILES string of the molecule is CC1OCCC1CNC(=O)CC1CCC(CN)CC1. The van der Waals surface area contributed by atoms with Crippen molar-refractivity contribution in [3.05, 3.63) is 0 Å². The molecule has 1 amide bonds. The van der Waals surface area contributed by atoms with Gasteiger partial charge < -0.3 is 15.8 Å². The summed E-state index contributed by atoms with van der Waals surface area (Å²) in [5.41, 5.74) is 5.69. The maximum absolute atomic E-state index is 11.9. The highest BCUT2D eigenvalue weighted by Crippen LogP contribution is 2.30. The van der Waals surface area contributed by atoms with E-state index in [0.717, 1.165) is 39.0 Å². The molecule has 1 saturated heterocycles. The van der Waals surface area contributed by atoms with E-state index in [1.54, 1.807) is 0 Å². The molecule has 3 N–H and O–H groups in total. The zero-order valence-electron chi connectivity index (χ0n) is 12.1. The molecule has 0 aromatic heterocycles. The molecule has 1 saturated carbocycles. The molecule has 1 aliphatic heterocycles. The first-order valence-corrected chi connectivity index (χ1v) is 7.77. The number of amides is 1. The zero-order valence-corrected chi connectivity index (χ0v) is 12.1.